The molecule has 0 N–H and O–H groups in total. The number of carbonyl (C=O) groups is 2. The second-order valence-corrected chi connectivity index (χ2v) is 6.64. The van der Waals surface area contributed by atoms with E-state index < -0.39 is 0 Å². The van der Waals surface area contributed by atoms with Crippen LogP contribution in [0.5, 0.6) is 0 Å². The van der Waals surface area contributed by atoms with Gasteiger partial charge in [-0.25, -0.2) is 0 Å². The Balaban J connectivity index is 1.63. The zero-order valence-corrected chi connectivity index (χ0v) is 14.3. The maximum absolute atomic E-state index is 12.5. The van der Waals surface area contributed by atoms with Gasteiger partial charge in [0.1, 0.15) is 6.54 Å². The Bertz CT molecular complexity index is 736. The topological polar surface area (TPSA) is 53.5 Å². The summed E-state index contributed by atoms with van der Waals surface area (Å²) < 4.78 is 0. The number of hydrogen-bond acceptors (Lipinski definition) is 4. The molecule has 0 saturated carbocycles. The van der Waals surface area contributed by atoms with Crippen molar-refractivity contribution in [2.45, 2.75) is 11.3 Å². The van der Waals surface area contributed by atoms with Crippen LogP contribution in [0.25, 0.3) is 0 Å². The number of pyridine rings is 1. The lowest BCUT2D eigenvalue weighted by molar-refractivity contribution is -0.130. The van der Waals surface area contributed by atoms with Gasteiger partial charge in [-0.15, -0.1) is 11.8 Å². The van der Waals surface area contributed by atoms with Crippen LogP contribution in [0.3, 0.4) is 0 Å². The van der Waals surface area contributed by atoms with Crippen molar-refractivity contribution in [2.75, 3.05) is 30.8 Å². The molecule has 0 unspecified atom stereocenters. The van der Waals surface area contributed by atoms with Crippen molar-refractivity contribution in [1.82, 2.24) is 9.88 Å². The maximum Gasteiger partial charge on any atom is 0.242 e. The molecule has 3 rings (SSSR count). The minimum atomic E-state index is -0.0685. The molecule has 124 valence electrons. The van der Waals surface area contributed by atoms with Crippen LogP contribution in [0, 0.1) is 0 Å². The fourth-order valence-electron chi connectivity index (χ4n) is 2.54. The van der Waals surface area contributed by atoms with Crippen LogP contribution >= 0.6 is 11.8 Å². The van der Waals surface area contributed by atoms with Crippen molar-refractivity contribution < 1.29 is 9.59 Å². The number of thioether (sulfide) groups is 1. The number of aromatic nitrogens is 1. The largest absolute Gasteiger partial charge is 0.344 e. The Hall–Kier alpha value is -2.34. The van der Waals surface area contributed by atoms with Gasteiger partial charge in [0.2, 0.25) is 11.8 Å². The first-order valence-corrected chi connectivity index (χ1v) is 8.80. The second kappa shape index (κ2) is 7.49. The van der Waals surface area contributed by atoms with Gasteiger partial charge in [-0.3, -0.25) is 14.6 Å². The summed E-state index contributed by atoms with van der Waals surface area (Å²) >= 11 is 1.52. The highest BCUT2D eigenvalue weighted by molar-refractivity contribution is 8.00. The van der Waals surface area contributed by atoms with Crippen molar-refractivity contribution in [2.24, 2.45) is 0 Å². The van der Waals surface area contributed by atoms with Crippen LogP contribution in [0.2, 0.25) is 0 Å². The third kappa shape index (κ3) is 3.76. The number of para-hydroxylation sites is 1. The van der Waals surface area contributed by atoms with Gasteiger partial charge in [-0.2, -0.15) is 0 Å². The zero-order valence-electron chi connectivity index (χ0n) is 13.5. The molecule has 0 bridgehead atoms. The number of hydrogen-bond donors (Lipinski definition) is 0. The number of nitrogens with zero attached hydrogens (tertiary/aromatic N) is 3. The van der Waals surface area contributed by atoms with Gasteiger partial charge in [0.05, 0.1) is 11.4 Å². The molecule has 0 aliphatic carbocycles. The zero-order chi connectivity index (χ0) is 16.9. The summed E-state index contributed by atoms with van der Waals surface area (Å²) in [5.74, 6) is 0.285. The van der Waals surface area contributed by atoms with E-state index in [1.165, 1.54) is 11.8 Å². The summed E-state index contributed by atoms with van der Waals surface area (Å²) in [6.07, 6.45) is 2.45. The minimum Gasteiger partial charge on any atom is -0.344 e. The van der Waals surface area contributed by atoms with Crippen LogP contribution in [0.4, 0.5) is 5.69 Å². The van der Waals surface area contributed by atoms with Gasteiger partial charge in [0, 0.05) is 36.8 Å². The minimum absolute atomic E-state index is 0.0230. The van der Waals surface area contributed by atoms with Gasteiger partial charge < -0.3 is 9.80 Å². The molecule has 24 heavy (non-hydrogen) atoms. The third-order valence-corrected chi connectivity index (χ3v) is 5.00. The van der Waals surface area contributed by atoms with Gasteiger partial charge in [0.15, 0.2) is 0 Å². The lowest BCUT2D eigenvalue weighted by atomic mass is 10.2. The Kier molecular flexibility index (Phi) is 5.15. The van der Waals surface area contributed by atoms with E-state index in [1.54, 1.807) is 23.0 Å². The van der Waals surface area contributed by atoms with Crippen LogP contribution in [0.15, 0.2) is 53.6 Å². The molecule has 1 aliphatic heterocycles. The average molecular weight is 341 g/mol. The average Bonchev–Trinajstić information content (AvgIpc) is 2.63. The van der Waals surface area contributed by atoms with E-state index in [4.69, 9.17) is 0 Å². The Morgan fingerprint density at radius 3 is 2.83 bits per heavy atom. The molecule has 0 radical (unpaired) electrons. The number of fused-ring (bicyclic) bond motifs is 1. The van der Waals surface area contributed by atoms with E-state index in [-0.39, 0.29) is 18.4 Å². The van der Waals surface area contributed by atoms with Crippen LogP contribution in [0.1, 0.15) is 5.69 Å². The SMILES string of the molecule is CN(CCc1ccccn1)C(=O)CN1C(=O)CSc2ccccc21. The fraction of sp³-hybridized carbons (Fsp3) is 0.278. The van der Waals surface area contributed by atoms with E-state index in [9.17, 15) is 9.59 Å². The first-order valence-electron chi connectivity index (χ1n) is 7.81. The first kappa shape index (κ1) is 16.5. The van der Waals surface area contributed by atoms with Crippen molar-refractivity contribution in [3.8, 4) is 0 Å². The molecule has 2 aromatic rings. The molecule has 5 nitrogen and oxygen atoms in total. The quantitative estimate of drug-likeness (QED) is 0.837. The van der Waals surface area contributed by atoms with Crippen LogP contribution in [-0.4, -0.2) is 47.6 Å². The number of rotatable bonds is 5. The lowest BCUT2D eigenvalue weighted by Crippen LogP contribution is -2.44. The smallest absolute Gasteiger partial charge is 0.242 e. The van der Waals surface area contributed by atoms with Gasteiger partial charge in [-0.05, 0) is 24.3 Å². The van der Waals surface area contributed by atoms with Gasteiger partial charge in [-0.1, -0.05) is 18.2 Å². The summed E-state index contributed by atoms with van der Waals surface area (Å²) in [5, 5.41) is 0. The molecule has 6 heteroatoms. The van der Waals surface area contributed by atoms with Gasteiger partial charge >= 0.3 is 0 Å². The molecule has 0 spiro atoms. The number of likely N-dealkylation sites (N-methyl/N-ethyl adjacent to an activating group) is 1. The predicted molar refractivity (Wildman–Crippen MR) is 95.1 cm³/mol. The summed E-state index contributed by atoms with van der Waals surface area (Å²) in [6, 6.07) is 13.5. The highest BCUT2D eigenvalue weighted by atomic mass is 32.2. The molecule has 0 fully saturated rings. The molecule has 2 heterocycles. The van der Waals surface area contributed by atoms with Gasteiger partial charge in [0.25, 0.3) is 0 Å². The Morgan fingerprint density at radius 1 is 1.25 bits per heavy atom. The predicted octanol–water partition coefficient (Wildman–Crippen LogP) is 2.22. The second-order valence-electron chi connectivity index (χ2n) is 5.62. The maximum atomic E-state index is 12.5. The molecular formula is C18H19N3O2S. The van der Waals surface area contributed by atoms with E-state index >= 15 is 0 Å². The highest BCUT2D eigenvalue weighted by Gasteiger charge is 2.27. The Labute approximate surface area is 145 Å². The third-order valence-electron chi connectivity index (χ3n) is 3.96. The van der Waals surface area contributed by atoms with Crippen LogP contribution in [-0.2, 0) is 16.0 Å². The number of anilines is 1. The molecule has 0 saturated heterocycles. The number of carbonyl (C=O) groups excluding carboxylic acids is 2. The normalized spacial score (nSPS) is 13.5. The molecule has 1 aliphatic rings. The van der Waals surface area contributed by atoms with E-state index in [0.29, 0.717) is 18.7 Å². The number of benzene rings is 1. The van der Waals surface area contributed by atoms with Crippen molar-refractivity contribution >= 4 is 29.3 Å². The summed E-state index contributed by atoms with van der Waals surface area (Å²) in [6.45, 7) is 0.656. The summed E-state index contributed by atoms with van der Waals surface area (Å²) in [7, 11) is 1.76. The number of amides is 2. The Morgan fingerprint density at radius 2 is 2.04 bits per heavy atom. The standard InChI is InChI=1S/C18H19N3O2S/c1-20(11-9-14-6-4-5-10-19-14)17(22)12-21-15-7-2-3-8-16(15)24-13-18(21)23/h2-8,10H,9,11-13H2,1H3. The summed E-state index contributed by atoms with van der Waals surface area (Å²) in [4.78, 5) is 33.3. The first-order chi connectivity index (χ1) is 11.6. The highest BCUT2D eigenvalue weighted by Crippen LogP contribution is 2.34. The molecule has 1 aromatic heterocycles. The fourth-order valence-corrected chi connectivity index (χ4v) is 3.47. The molecule has 0 atom stereocenters. The van der Waals surface area contributed by atoms with Crippen molar-refractivity contribution in [1.29, 1.82) is 0 Å². The van der Waals surface area contributed by atoms with Crippen molar-refractivity contribution in [3.63, 3.8) is 0 Å². The van der Waals surface area contributed by atoms with Crippen LogP contribution < -0.4 is 4.90 Å². The van der Waals surface area contributed by atoms with Crippen molar-refractivity contribution in [3.05, 3.63) is 54.4 Å². The molecule has 1 aromatic carbocycles. The summed E-state index contributed by atoms with van der Waals surface area (Å²) in [5.41, 5.74) is 1.78. The molecular weight excluding hydrogens is 322 g/mol. The van der Waals surface area contributed by atoms with E-state index in [0.717, 1.165) is 16.3 Å². The molecule has 2 amide bonds. The lowest BCUT2D eigenvalue weighted by Gasteiger charge is -2.30. The van der Waals surface area contributed by atoms with E-state index in [2.05, 4.69) is 4.98 Å². The van der Waals surface area contributed by atoms with E-state index in [1.807, 2.05) is 42.5 Å². The monoisotopic (exact) mass is 341 g/mol.